The Balaban J connectivity index is 2.33. The highest BCUT2D eigenvalue weighted by Crippen LogP contribution is 2.39. The Morgan fingerprint density at radius 3 is 2.62 bits per heavy atom. The van der Waals surface area contributed by atoms with E-state index in [0.29, 0.717) is 27.9 Å². The van der Waals surface area contributed by atoms with Gasteiger partial charge in [0.1, 0.15) is 0 Å². The van der Waals surface area contributed by atoms with Crippen LogP contribution in [0.4, 0.5) is 0 Å². The van der Waals surface area contributed by atoms with Crippen molar-refractivity contribution in [2.75, 3.05) is 6.61 Å². The average Bonchev–Trinajstić information content (AvgIpc) is 2.57. The van der Waals surface area contributed by atoms with Crippen molar-refractivity contribution in [3.05, 3.63) is 63.8 Å². The molecule has 2 aromatic carbocycles. The van der Waals surface area contributed by atoms with Gasteiger partial charge in [0.25, 0.3) is 0 Å². The van der Waals surface area contributed by atoms with E-state index in [2.05, 4.69) is 4.98 Å². The number of carbonyl (C=O) groups excluding carboxylic acids is 1. The van der Waals surface area contributed by atoms with Gasteiger partial charge >= 0.3 is 5.97 Å². The minimum atomic E-state index is -0.374. The van der Waals surface area contributed by atoms with Gasteiger partial charge in [-0.25, -0.2) is 4.79 Å². The van der Waals surface area contributed by atoms with Crippen molar-refractivity contribution in [3.8, 4) is 11.1 Å². The molecular formula is C19H15Cl2NO2. The summed E-state index contributed by atoms with van der Waals surface area (Å²) in [6, 6.07) is 12.7. The standard InChI is InChI=1S/C19H15Cl2NO2/c1-3-24-19(23)12-8-9-16-14(10-12)17(18(21)11(2)22-16)13-6-4-5-7-15(13)20/h4-10H,3H2,1-2H3. The predicted molar refractivity (Wildman–Crippen MR) is 97.9 cm³/mol. The molecule has 1 heterocycles. The molecule has 5 heteroatoms. The lowest BCUT2D eigenvalue weighted by molar-refractivity contribution is 0.0526. The van der Waals surface area contributed by atoms with Gasteiger partial charge in [-0.1, -0.05) is 41.4 Å². The van der Waals surface area contributed by atoms with Gasteiger partial charge < -0.3 is 4.74 Å². The summed E-state index contributed by atoms with van der Waals surface area (Å²) in [6.07, 6.45) is 0. The van der Waals surface area contributed by atoms with Crippen LogP contribution >= 0.6 is 23.2 Å². The van der Waals surface area contributed by atoms with Crippen molar-refractivity contribution < 1.29 is 9.53 Å². The van der Waals surface area contributed by atoms with E-state index in [0.717, 1.165) is 22.0 Å². The lowest BCUT2D eigenvalue weighted by atomic mass is 9.98. The van der Waals surface area contributed by atoms with E-state index in [1.807, 2.05) is 31.2 Å². The lowest BCUT2D eigenvalue weighted by Gasteiger charge is -2.13. The molecule has 0 fully saturated rings. The quantitative estimate of drug-likeness (QED) is 0.563. The van der Waals surface area contributed by atoms with Crippen molar-refractivity contribution in [2.24, 2.45) is 0 Å². The lowest BCUT2D eigenvalue weighted by Crippen LogP contribution is -2.04. The Kier molecular flexibility index (Phi) is 4.74. The molecule has 0 bridgehead atoms. The fourth-order valence-corrected chi connectivity index (χ4v) is 3.11. The summed E-state index contributed by atoms with van der Waals surface area (Å²) >= 11 is 12.9. The number of fused-ring (bicyclic) bond motifs is 1. The number of hydrogen-bond acceptors (Lipinski definition) is 3. The summed E-state index contributed by atoms with van der Waals surface area (Å²) in [5, 5.41) is 1.88. The van der Waals surface area contributed by atoms with Gasteiger partial charge in [-0.05, 0) is 38.1 Å². The number of hydrogen-bond donors (Lipinski definition) is 0. The fraction of sp³-hybridized carbons (Fsp3) is 0.158. The molecule has 1 aromatic heterocycles. The second-order valence-corrected chi connectivity index (χ2v) is 6.10. The van der Waals surface area contributed by atoms with E-state index in [9.17, 15) is 4.79 Å². The van der Waals surface area contributed by atoms with E-state index < -0.39 is 0 Å². The van der Waals surface area contributed by atoms with Crippen LogP contribution in [0.1, 0.15) is 23.0 Å². The summed E-state index contributed by atoms with van der Waals surface area (Å²) in [5.74, 6) is -0.374. The topological polar surface area (TPSA) is 39.2 Å². The Hall–Kier alpha value is -2.10. The number of esters is 1. The first-order valence-corrected chi connectivity index (χ1v) is 8.30. The molecule has 3 nitrogen and oxygen atoms in total. The van der Waals surface area contributed by atoms with E-state index in [4.69, 9.17) is 27.9 Å². The van der Waals surface area contributed by atoms with E-state index in [1.165, 1.54) is 0 Å². The number of aromatic nitrogens is 1. The zero-order valence-electron chi connectivity index (χ0n) is 13.3. The maximum Gasteiger partial charge on any atom is 0.338 e. The maximum absolute atomic E-state index is 12.1. The Morgan fingerprint density at radius 2 is 1.92 bits per heavy atom. The van der Waals surface area contributed by atoms with Crippen LogP contribution < -0.4 is 0 Å². The zero-order valence-corrected chi connectivity index (χ0v) is 14.8. The molecule has 0 spiro atoms. The van der Waals surface area contributed by atoms with Gasteiger partial charge in [0.05, 0.1) is 28.4 Å². The summed E-state index contributed by atoms with van der Waals surface area (Å²) in [5.41, 5.74) is 3.50. The van der Waals surface area contributed by atoms with Crippen molar-refractivity contribution >= 4 is 40.1 Å². The minimum Gasteiger partial charge on any atom is -0.462 e. The molecule has 0 radical (unpaired) electrons. The van der Waals surface area contributed by atoms with Gasteiger partial charge in [-0.3, -0.25) is 4.98 Å². The summed E-state index contributed by atoms with van der Waals surface area (Å²) in [6.45, 7) is 3.94. The van der Waals surface area contributed by atoms with Crippen LogP contribution in [0.25, 0.3) is 22.0 Å². The SMILES string of the molecule is CCOC(=O)c1ccc2nc(C)c(Cl)c(-c3ccccc3Cl)c2c1. The smallest absolute Gasteiger partial charge is 0.338 e. The molecule has 122 valence electrons. The van der Waals surface area contributed by atoms with Crippen LogP contribution in [-0.4, -0.2) is 17.6 Å². The van der Waals surface area contributed by atoms with Crippen LogP contribution in [0.15, 0.2) is 42.5 Å². The largest absolute Gasteiger partial charge is 0.462 e. The first kappa shape index (κ1) is 16.7. The van der Waals surface area contributed by atoms with Crippen LogP contribution in [0.3, 0.4) is 0 Å². The van der Waals surface area contributed by atoms with Crippen molar-refractivity contribution in [1.82, 2.24) is 4.98 Å². The third-order valence-corrected chi connectivity index (χ3v) is 4.54. The number of benzene rings is 2. The molecule has 0 N–H and O–H groups in total. The molecule has 0 aliphatic carbocycles. The normalized spacial score (nSPS) is 10.8. The molecule has 0 aliphatic rings. The fourth-order valence-electron chi connectivity index (χ4n) is 2.63. The minimum absolute atomic E-state index is 0.321. The summed E-state index contributed by atoms with van der Waals surface area (Å²) in [7, 11) is 0. The Morgan fingerprint density at radius 1 is 1.17 bits per heavy atom. The van der Waals surface area contributed by atoms with Gasteiger partial charge in [0, 0.05) is 21.5 Å². The van der Waals surface area contributed by atoms with Gasteiger partial charge in [-0.15, -0.1) is 0 Å². The number of carbonyl (C=O) groups is 1. The number of halogens is 2. The maximum atomic E-state index is 12.1. The van der Waals surface area contributed by atoms with Gasteiger partial charge in [0.2, 0.25) is 0 Å². The molecule has 3 aromatic rings. The Bertz CT molecular complexity index is 938. The van der Waals surface area contributed by atoms with Gasteiger partial charge in [0.15, 0.2) is 0 Å². The highest BCUT2D eigenvalue weighted by molar-refractivity contribution is 6.38. The van der Waals surface area contributed by atoms with Crippen molar-refractivity contribution in [1.29, 1.82) is 0 Å². The first-order valence-electron chi connectivity index (χ1n) is 7.54. The second kappa shape index (κ2) is 6.80. The number of ether oxygens (including phenoxy) is 1. The highest BCUT2D eigenvalue weighted by Gasteiger charge is 2.17. The highest BCUT2D eigenvalue weighted by atomic mass is 35.5. The number of aryl methyl sites for hydroxylation is 1. The van der Waals surface area contributed by atoms with Crippen LogP contribution in [0.2, 0.25) is 10.0 Å². The molecule has 0 saturated carbocycles. The van der Waals surface area contributed by atoms with Crippen LogP contribution in [0, 0.1) is 6.92 Å². The molecule has 24 heavy (non-hydrogen) atoms. The Labute approximate surface area is 150 Å². The zero-order chi connectivity index (χ0) is 17.3. The first-order chi connectivity index (χ1) is 11.5. The van der Waals surface area contributed by atoms with Gasteiger partial charge in [-0.2, -0.15) is 0 Å². The summed E-state index contributed by atoms with van der Waals surface area (Å²) in [4.78, 5) is 16.6. The number of nitrogens with zero attached hydrogens (tertiary/aromatic N) is 1. The van der Waals surface area contributed by atoms with E-state index in [-0.39, 0.29) is 5.97 Å². The molecular weight excluding hydrogens is 345 g/mol. The van der Waals surface area contributed by atoms with E-state index >= 15 is 0 Å². The number of rotatable bonds is 3. The molecule has 0 atom stereocenters. The molecule has 0 aliphatic heterocycles. The second-order valence-electron chi connectivity index (χ2n) is 5.32. The van der Waals surface area contributed by atoms with Crippen LogP contribution in [-0.2, 0) is 4.74 Å². The van der Waals surface area contributed by atoms with Crippen molar-refractivity contribution in [2.45, 2.75) is 13.8 Å². The molecule has 0 amide bonds. The third-order valence-electron chi connectivity index (χ3n) is 3.75. The van der Waals surface area contributed by atoms with Crippen molar-refractivity contribution in [3.63, 3.8) is 0 Å². The molecule has 0 unspecified atom stereocenters. The molecule has 3 rings (SSSR count). The average molecular weight is 360 g/mol. The van der Waals surface area contributed by atoms with Crippen LogP contribution in [0.5, 0.6) is 0 Å². The van der Waals surface area contributed by atoms with E-state index in [1.54, 1.807) is 25.1 Å². The number of pyridine rings is 1. The summed E-state index contributed by atoms with van der Waals surface area (Å²) < 4.78 is 5.08. The predicted octanol–water partition coefficient (Wildman–Crippen LogP) is 5.69. The monoisotopic (exact) mass is 359 g/mol. The molecule has 0 saturated heterocycles. The third kappa shape index (κ3) is 2.97.